The highest BCUT2D eigenvalue weighted by atomic mass is 32.1. The average molecular weight is 314 g/mol. The second-order valence-corrected chi connectivity index (χ2v) is 6.36. The Labute approximate surface area is 126 Å². The Morgan fingerprint density at radius 2 is 1.90 bits per heavy atom. The third-order valence-corrected chi connectivity index (χ3v) is 4.19. The van der Waals surface area contributed by atoms with E-state index in [1.165, 1.54) is 17.4 Å². The van der Waals surface area contributed by atoms with Crippen molar-refractivity contribution < 1.29 is 13.2 Å². The third kappa shape index (κ3) is 3.63. The molecule has 1 N–H and O–H groups in total. The van der Waals surface area contributed by atoms with Gasteiger partial charge in [0.05, 0.1) is 5.69 Å². The van der Waals surface area contributed by atoms with Gasteiger partial charge in [-0.25, -0.2) is 18.2 Å². The Kier molecular flexibility index (Phi) is 5.00. The van der Waals surface area contributed by atoms with Crippen LogP contribution in [0.5, 0.6) is 0 Å². The van der Waals surface area contributed by atoms with Crippen molar-refractivity contribution in [2.75, 3.05) is 6.54 Å². The van der Waals surface area contributed by atoms with Gasteiger partial charge in [0.2, 0.25) is 0 Å². The van der Waals surface area contributed by atoms with Crippen LogP contribution in [0.2, 0.25) is 0 Å². The molecule has 0 saturated carbocycles. The monoisotopic (exact) mass is 314 g/mol. The molecular formula is C15H17F3N2S. The number of thiazole rings is 1. The lowest BCUT2D eigenvalue weighted by atomic mass is 10.2. The van der Waals surface area contributed by atoms with Crippen molar-refractivity contribution in [3.05, 3.63) is 40.2 Å². The van der Waals surface area contributed by atoms with Gasteiger partial charge in [-0.1, -0.05) is 13.8 Å². The van der Waals surface area contributed by atoms with Gasteiger partial charge in [-0.2, -0.15) is 0 Å². The summed E-state index contributed by atoms with van der Waals surface area (Å²) >= 11 is 1.29. The predicted octanol–water partition coefficient (Wildman–Crippen LogP) is 4.28. The lowest BCUT2D eigenvalue weighted by Crippen LogP contribution is -2.18. The first kappa shape index (κ1) is 16.0. The highest BCUT2D eigenvalue weighted by molar-refractivity contribution is 7.15. The van der Waals surface area contributed by atoms with E-state index >= 15 is 0 Å². The van der Waals surface area contributed by atoms with Crippen LogP contribution in [0.25, 0.3) is 10.6 Å². The van der Waals surface area contributed by atoms with Crippen LogP contribution in [-0.2, 0) is 6.54 Å². The third-order valence-electron chi connectivity index (χ3n) is 3.00. The maximum Gasteiger partial charge on any atom is 0.195 e. The van der Waals surface area contributed by atoms with E-state index in [1.54, 1.807) is 0 Å². The summed E-state index contributed by atoms with van der Waals surface area (Å²) < 4.78 is 40.0. The van der Waals surface area contributed by atoms with E-state index in [9.17, 15) is 13.2 Å². The van der Waals surface area contributed by atoms with Gasteiger partial charge in [-0.3, -0.25) is 0 Å². The fourth-order valence-electron chi connectivity index (χ4n) is 1.87. The first-order valence-corrected chi connectivity index (χ1v) is 7.52. The molecule has 0 bridgehead atoms. The van der Waals surface area contributed by atoms with Crippen molar-refractivity contribution in [2.45, 2.75) is 27.3 Å². The van der Waals surface area contributed by atoms with Crippen molar-refractivity contribution in [1.82, 2.24) is 10.3 Å². The van der Waals surface area contributed by atoms with Crippen LogP contribution in [0.15, 0.2) is 12.1 Å². The van der Waals surface area contributed by atoms with Gasteiger partial charge in [0, 0.05) is 17.0 Å². The zero-order chi connectivity index (χ0) is 15.6. The van der Waals surface area contributed by atoms with E-state index < -0.39 is 17.5 Å². The number of aromatic nitrogens is 1. The minimum atomic E-state index is -1.46. The van der Waals surface area contributed by atoms with Gasteiger partial charge in [0.1, 0.15) is 5.01 Å². The molecule has 2 rings (SSSR count). The summed E-state index contributed by atoms with van der Waals surface area (Å²) in [5, 5.41) is 3.65. The molecule has 1 heterocycles. The number of nitrogens with zero attached hydrogens (tertiary/aromatic N) is 1. The maximum atomic E-state index is 13.8. The van der Waals surface area contributed by atoms with Crippen LogP contribution in [-0.4, -0.2) is 11.5 Å². The summed E-state index contributed by atoms with van der Waals surface area (Å²) in [5.74, 6) is -3.31. The van der Waals surface area contributed by atoms with Gasteiger partial charge in [0.25, 0.3) is 0 Å². The molecule has 0 spiro atoms. The number of aryl methyl sites for hydroxylation is 1. The second kappa shape index (κ2) is 6.58. The van der Waals surface area contributed by atoms with E-state index in [-0.39, 0.29) is 5.56 Å². The summed E-state index contributed by atoms with van der Waals surface area (Å²) in [5.41, 5.74) is 0.771. The fourth-order valence-corrected chi connectivity index (χ4v) is 2.92. The summed E-state index contributed by atoms with van der Waals surface area (Å²) in [6.07, 6.45) is 0. The number of halogens is 3. The zero-order valence-corrected chi connectivity index (χ0v) is 13.0. The molecule has 0 atom stereocenters. The molecule has 0 fully saturated rings. The Morgan fingerprint density at radius 3 is 2.57 bits per heavy atom. The van der Waals surface area contributed by atoms with Crippen molar-refractivity contribution in [2.24, 2.45) is 5.92 Å². The molecule has 0 unspecified atom stereocenters. The number of rotatable bonds is 5. The van der Waals surface area contributed by atoms with Crippen LogP contribution in [0, 0.1) is 30.3 Å². The highest BCUT2D eigenvalue weighted by Gasteiger charge is 2.18. The molecule has 1 aromatic heterocycles. The average Bonchev–Trinajstić information content (AvgIpc) is 2.77. The first-order chi connectivity index (χ1) is 9.90. The van der Waals surface area contributed by atoms with Gasteiger partial charge >= 0.3 is 0 Å². The largest absolute Gasteiger partial charge is 0.312 e. The van der Waals surface area contributed by atoms with E-state index in [2.05, 4.69) is 24.1 Å². The molecule has 0 aliphatic carbocycles. The second-order valence-electron chi connectivity index (χ2n) is 5.28. The van der Waals surface area contributed by atoms with Crippen LogP contribution < -0.4 is 5.32 Å². The zero-order valence-electron chi connectivity index (χ0n) is 12.1. The van der Waals surface area contributed by atoms with E-state index in [4.69, 9.17) is 0 Å². The summed E-state index contributed by atoms with van der Waals surface area (Å²) in [4.78, 5) is 5.23. The Hall–Kier alpha value is -1.40. The van der Waals surface area contributed by atoms with Crippen molar-refractivity contribution in [3.8, 4) is 10.6 Å². The molecule has 2 aromatic rings. The SMILES string of the molecule is Cc1nc(-c2ccc(F)c(F)c2F)sc1CNCC(C)C. The molecule has 0 aliphatic heterocycles. The Morgan fingerprint density at radius 1 is 1.19 bits per heavy atom. The maximum absolute atomic E-state index is 13.8. The molecule has 21 heavy (non-hydrogen) atoms. The molecule has 0 amide bonds. The van der Waals surface area contributed by atoms with E-state index in [1.807, 2.05) is 6.92 Å². The summed E-state index contributed by atoms with van der Waals surface area (Å²) in [6.45, 7) is 7.53. The van der Waals surface area contributed by atoms with Gasteiger partial charge in [-0.15, -0.1) is 11.3 Å². The lowest BCUT2D eigenvalue weighted by molar-refractivity contribution is 0.449. The standard InChI is InChI=1S/C15H17F3N2S/c1-8(2)6-19-7-12-9(3)20-15(21-12)10-4-5-11(16)14(18)13(10)17/h4-5,8,19H,6-7H2,1-3H3. The minimum absolute atomic E-state index is 0.00268. The van der Waals surface area contributed by atoms with Crippen LogP contribution >= 0.6 is 11.3 Å². The quantitative estimate of drug-likeness (QED) is 0.833. The number of nitrogens with one attached hydrogen (secondary N) is 1. The van der Waals surface area contributed by atoms with Crippen molar-refractivity contribution >= 4 is 11.3 Å². The number of hydrogen-bond acceptors (Lipinski definition) is 3. The van der Waals surface area contributed by atoms with Crippen LogP contribution in [0.3, 0.4) is 0 Å². The molecule has 6 heteroatoms. The highest BCUT2D eigenvalue weighted by Crippen LogP contribution is 2.31. The predicted molar refractivity (Wildman–Crippen MR) is 78.7 cm³/mol. The van der Waals surface area contributed by atoms with Gasteiger partial charge < -0.3 is 5.32 Å². The smallest absolute Gasteiger partial charge is 0.195 e. The minimum Gasteiger partial charge on any atom is -0.312 e. The van der Waals surface area contributed by atoms with Crippen molar-refractivity contribution in [3.63, 3.8) is 0 Å². The summed E-state index contributed by atoms with van der Waals surface area (Å²) in [7, 11) is 0. The first-order valence-electron chi connectivity index (χ1n) is 6.71. The van der Waals surface area contributed by atoms with Crippen LogP contribution in [0.1, 0.15) is 24.4 Å². The summed E-state index contributed by atoms with van der Waals surface area (Å²) in [6, 6.07) is 2.14. The fraction of sp³-hybridized carbons (Fsp3) is 0.400. The molecule has 114 valence electrons. The molecule has 0 aliphatic rings. The van der Waals surface area contributed by atoms with Crippen LogP contribution in [0.4, 0.5) is 13.2 Å². The molecule has 0 saturated heterocycles. The number of hydrogen-bond donors (Lipinski definition) is 1. The molecule has 2 nitrogen and oxygen atoms in total. The Balaban J connectivity index is 2.24. The van der Waals surface area contributed by atoms with E-state index in [0.29, 0.717) is 17.5 Å². The molecular weight excluding hydrogens is 297 g/mol. The topological polar surface area (TPSA) is 24.9 Å². The van der Waals surface area contributed by atoms with Gasteiger partial charge in [-0.05, 0) is 31.5 Å². The molecule has 1 aromatic carbocycles. The van der Waals surface area contributed by atoms with Crippen molar-refractivity contribution in [1.29, 1.82) is 0 Å². The number of benzene rings is 1. The lowest BCUT2D eigenvalue weighted by Gasteiger charge is -2.05. The molecule has 0 radical (unpaired) electrons. The Bertz CT molecular complexity index is 638. The van der Waals surface area contributed by atoms with Gasteiger partial charge in [0.15, 0.2) is 17.5 Å². The van der Waals surface area contributed by atoms with E-state index in [0.717, 1.165) is 23.2 Å². The normalized spacial score (nSPS) is 11.4.